The van der Waals surface area contributed by atoms with Crippen molar-refractivity contribution in [2.45, 2.75) is 40.5 Å². The summed E-state index contributed by atoms with van der Waals surface area (Å²) < 4.78 is 2.11. The molecule has 1 N–H and O–H groups in total. The summed E-state index contributed by atoms with van der Waals surface area (Å²) in [4.78, 5) is 36.3. The van der Waals surface area contributed by atoms with Gasteiger partial charge < -0.3 is 10.0 Å². The maximum Gasteiger partial charge on any atom is 0.336 e. The molecule has 0 fully saturated rings. The Bertz CT molecular complexity index is 1490. The number of pyridine rings is 1. The molecule has 0 unspecified atom stereocenters. The number of aromatic carboxylic acids is 1. The van der Waals surface area contributed by atoms with Crippen molar-refractivity contribution in [2.75, 3.05) is 11.4 Å². The predicted octanol–water partition coefficient (Wildman–Crippen LogP) is 4.81. The number of carboxylic acid groups (broad SMARTS) is 1. The topological polar surface area (TPSA) is 88.3 Å². The van der Waals surface area contributed by atoms with Crippen molar-refractivity contribution in [2.24, 2.45) is 0 Å². The first-order valence-electron chi connectivity index (χ1n) is 11.4. The highest BCUT2D eigenvalue weighted by atomic mass is 16.4. The lowest BCUT2D eigenvalue weighted by Gasteiger charge is -2.19. The van der Waals surface area contributed by atoms with E-state index in [0.717, 1.165) is 57.2 Å². The zero-order valence-corrected chi connectivity index (χ0v) is 19.7. The van der Waals surface area contributed by atoms with E-state index in [1.165, 1.54) is 6.07 Å². The van der Waals surface area contributed by atoms with E-state index in [0.29, 0.717) is 13.0 Å². The molecule has 7 nitrogen and oxygen atoms in total. The van der Waals surface area contributed by atoms with E-state index in [1.807, 2.05) is 19.1 Å². The van der Waals surface area contributed by atoms with Crippen LogP contribution in [-0.4, -0.2) is 38.1 Å². The molecule has 4 aromatic rings. The molecule has 0 saturated heterocycles. The van der Waals surface area contributed by atoms with Crippen LogP contribution in [0.15, 0.2) is 42.5 Å². The van der Waals surface area contributed by atoms with E-state index in [-0.39, 0.29) is 17.0 Å². The van der Waals surface area contributed by atoms with Crippen LogP contribution in [0.5, 0.6) is 0 Å². The van der Waals surface area contributed by atoms with Gasteiger partial charge in [-0.1, -0.05) is 19.1 Å². The van der Waals surface area contributed by atoms with E-state index in [2.05, 4.69) is 31.4 Å². The van der Waals surface area contributed by atoms with E-state index in [9.17, 15) is 14.7 Å². The molecule has 0 atom stereocenters. The molecule has 0 radical (unpaired) electrons. The molecule has 7 heteroatoms. The maximum absolute atomic E-state index is 13.3. The van der Waals surface area contributed by atoms with Crippen LogP contribution in [0.3, 0.4) is 0 Å². The summed E-state index contributed by atoms with van der Waals surface area (Å²) in [5, 5.41) is 9.50. The predicted molar refractivity (Wildman–Crippen MR) is 131 cm³/mol. The summed E-state index contributed by atoms with van der Waals surface area (Å²) in [6.45, 7) is 8.77. The summed E-state index contributed by atoms with van der Waals surface area (Å²) >= 11 is 0. The fourth-order valence-corrected chi connectivity index (χ4v) is 4.75. The first-order valence-corrected chi connectivity index (χ1v) is 11.4. The number of hydrogen-bond donors (Lipinski definition) is 1. The molecule has 5 rings (SSSR count). The lowest BCUT2D eigenvalue weighted by molar-refractivity contribution is 0.0692. The second-order valence-electron chi connectivity index (χ2n) is 8.71. The summed E-state index contributed by atoms with van der Waals surface area (Å²) in [6, 6.07) is 12.4. The lowest BCUT2D eigenvalue weighted by atomic mass is 10.1. The molecular formula is C27H26N4O3. The van der Waals surface area contributed by atoms with Crippen LogP contribution in [0.4, 0.5) is 5.69 Å². The Hall–Kier alpha value is -4.00. The van der Waals surface area contributed by atoms with Crippen molar-refractivity contribution < 1.29 is 14.7 Å². The minimum Gasteiger partial charge on any atom is -0.478 e. The number of carbonyl (C=O) groups is 2. The largest absolute Gasteiger partial charge is 0.478 e. The van der Waals surface area contributed by atoms with E-state index >= 15 is 0 Å². The van der Waals surface area contributed by atoms with Crippen molar-refractivity contribution in [3.05, 3.63) is 81.8 Å². The van der Waals surface area contributed by atoms with Crippen LogP contribution in [0.25, 0.3) is 16.9 Å². The Morgan fingerprint density at radius 3 is 2.44 bits per heavy atom. The van der Waals surface area contributed by atoms with Crippen LogP contribution < -0.4 is 4.90 Å². The summed E-state index contributed by atoms with van der Waals surface area (Å²) in [5.41, 5.74) is 8.10. The van der Waals surface area contributed by atoms with Gasteiger partial charge in [-0.05, 0) is 74.2 Å². The van der Waals surface area contributed by atoms with Gasteiger partial charge in [-0.3, -0.25) is 9.36 Å². The van der Waals surface area contributed by atoms with Crippen molar-refractivity contribution in [1.82, 2.24) is 14.5 Å². The van der Waals surface area contributed by atoms with E-state index in [4.69, 9.17) is 9.97 Å². The minimum atomic E-state index is -1.11. The van der Waals surface area contributed by atoms with Crippen LogP contribution >= 0.6 is 0 Å². The Morgan fingerprint density at radius 1 is 1.00 bits per heavy atom. The molecule has 0 spiro atoms. The smallest absolute Gasteiger partial charge is 0.336 e. The molecular weight excluding hydrogens is 428 g/mol. The molecule has 1 aliphatic rings. The third kappa shape index (κ3) is 3.27. The van der Waals surface area contributed by atoms with Gasteiger partial charge in [-0.15, -0.1) is 0 Å². The van der Waals surface area contributed by atoms with Gasteiger partial charge >= 0.3 is 5.97 Å². The number of rotatable bonds is 4. The number of aryl methyl sites for hydroxylation is 3. The SMILES string of the molecule is CCc1nc2c(C)c(C)c(C)nc2n1-c1ccc2c(c1)CCN2C(=O)c1ccccc1C(=O)O. The van der Waals surface area contributed by atoms with Gasteiger partial charge in [-0.2, -0.15) is 0 Å². The molecule has 1 amide bonds. The Kier molecular flexibility index (Phi) is 5.20. The van der Waals surface area contributed by atoms with Gasteiger partial charge in [0.05, 0.1) is 11.1 Å². The van der Waals surface area contributed by atoms with E-state index in [1.54, 1.807) is 23.1 Å². The number of amides is 1. The van der Waals surface area contributed by atoms with Crippen LogP contribution in [0, 0.1) is 20.8 Å². The third-order valence-corrected chi connectivity index (χ3v) is 6.82. The quantitative estimate of drug-likeness (QED) is 0.478. The van der Waals surface area contributed by atoms with Crippen molar-refractivity contribution in [3.8, 4) is 5.69 Å². The molecule has 172 valence electrons. The van der Waals surface area contributed by atoms with Gasteiger partial charge in [0.15, 0.2) is 5.65 Å². The Morgan fingerprint density at radius 2 is 1.74 bits per heavy atom. The number of anilines is 1. The summed E-state index contributed by atoms with van der Waals surface area (Å²) in [5.74, 6) is -0.460. The number of benzene rings is 2. The van der Waals surface area contributed by atoms with Crippen LogP contribution in [-0.2, 0) is 12.8 Å². The molecule has 2 aromatic heterocycles. The second-order valence-corrected chi connectivity index (χ2v) is 8.71. The van der Waals surface area contributed by atoms with Crippen LogP contribution in [0.1, 0.15) is 55.8 Å². The number of nitrogens with zero attached hydrogens (tertiary/aromatic N) is 4. The molecule has 0 bridgehead atoms. The number of fused-ring (bicyclic) bond motifs is 2. The average Bonchev–Trinajstić information content (AvgIpc) is 3.43. The Labute approximate surface area is 197 Å². The molecule has 1 aliphatic heterocycles. The molecule has 0 saturated carbocycles. The van der Waals surface area contributed by atoms with Crippen molar-refractivity contribution in [1.29, 1.82) is 0 Å². The number of imidazole rings is 1. The maximum atomic E-state index is 13.3. The van der Waals surface area contributed by atoms with Gasteiger partial charge in [0.2, 0.25) is 0 Å². The number of carbonyl (C=O) groups excluding carboxylic acids is 1. The number of carboxylic acids is 1. The Balaban J connectivity index is 1.58. The monoisotopic (exact) mass is 454 g/mol. The first-order chi connectivity index (χ1) is 16.3. The highest BCUT2D eigenvalue weighted by Crippen LogP contribution is 2.33. The number of hydrogen-bond acceptors (Lipinski definition) is 4. The van der Waals surface area contributed by atoms with Crippen LogP contribution in [0.2, 0.25) is 0 Å². The van der Waals surface area contributed by atoms with Gasteiger partial charge in [-0.25, -0.2) is 14.8 Å². The van der Waals surface area contributed by atoms with Gasteiger partial charge in [0, 0.05) is 30.0 Å². The molecule has 0 aliphatic carbocycles. The standard InChI is InChI=1S/C27H26N4O3/c1-5-23-29-24-16(3)15(2)17(4)28-25(24)31(23)19-10-11-22-18(14-19)12-13-30(22)26(32)20-8-6-7-9-21(20)27(33)34/h6-11,14H,5,12-13H2,1-4H3,(H,33,34). The molecule has 3 heterocycles. The third-order valence-electron chi connectivity index (χ3n) is 6.82. The average molecular weight is 455 g/mol. The normalized spacial score (nSPS) is 12.9. The minimum absolute atomic E-state index is 0.0159. The fraction of sp³-hybridized carbons (Fsp3) is 0.259. The summed E-state index contributed by atoms with van der Waals surface area (Å²) in [7, 11) is 0. The van der Waals surface area contributed by atoms with Gasteiger partial charge in [0.1, 0.15) is 11.3 Å². The van der Waals surface area contributed by atoms with Crippen molar-refractivity contribution in [3.63, 3.8) is 0 Å². The first kappa shape index (κ1) is 21.8. The highest BCUT2D eigenvalue weighted by Gasteiger charge is 2.29. The lowest BCUT2D eigenvalue weighted by Crippen LogP contribution is -2.30. The second kappa shape index (κ2) is 8.09. The highest BCUT2D eigenvalue weighted by molar-refractivity contribution is 6.12. The van der Waals surface area contributed by atoms with Crippen molar-refractivity contribution >= 4 is 28.7 Å². The van der Waals surface area contributed by atoms with E-state index < -0.39 is 5.97 Å². The molecule has 2 aromatic carbocycles. The van der Waals surface area contributed by atoms with Gasteiger partial charge in [0.25, 0.3) is 5.91 Å². The zero-order valence-electron chi connectivity index (χ0n) is 19.7. The summed E-state index contributed by atoms with van der Waals surface area (Å²) in [6.07, 6.45) is 1.46. The molecule has 34 heavy (non-hydrogen) atoms. The number of aromatic nitrogens is 3. The fourth-order valence-electron chi connectivity index (χ4n) is 4.75. The zero-order chi connectivity index (χ0) is 24.1.